The number of rotatable bonds is 21. The van der Waals surface area contributed by atoms with E-state index in [-0.39, 0.29) is 19.2 Å². The maximum atomic E-state index is 11.7. The third-order valence-electron chi connectivity index (χ3n) is 4.83. The number of hydrogen-bond donors (Lipinski definition) is 1. The molecule has 0 amide bonds. The van der Waals surface area contributed by atoms with Gasteiger partial charge in [0.05, 0.1) is 6.61 Å². The van der Waals surface area contributed by atoms with Gasteiger partial charge in [-0.15, -0.1) is 0 Å². The molecule has 8 heteroatoms. The Morgan fingerprint density at radius 1 is 0.967 bits per heavy atom. The van der Waals surface area contributed by atoms with Crippen LogP contribution < -0.4 is 4.89 Å². The minimum atomic E-state index is -3.97. The number of carbonyl (C=O) groups excluding carboxylic acids is 1. The average Bonchev–Trinajstić information content (AvgIpc) is 2.70. The van der Waals surface area contributed by atoms with E-state index in [1.54, 1.807) is 0 Å². The minimum absolute atomic E-state index is 0.0181. The van der Waals surface area contributed by atoms with Gasteiger partial charge in [0.25, 0.3) is 0 Å². The van der Waals surface area contributed by atoms with Crippen molar-refractivity contribution >= 4 is 24.5 Å². The van der Waals surface area contributed by atoms with Gasteiger partial charge in [-0.2, -0.15) is 0 Å². The van der Waals surface area contributed by atoms with Crippen LogP contribution in [0, 0.1) is 0 Å². The molecular formula is C22H42O6PS-. The lowest BCUT2D eigenvalue weighted by Gasteiger charge is -2.23. The number of unbranched alkanes of at least 4 members (excludes halogenated alkanes) is 11. The molecule has 2 atom stereocenters. The highest BCUT2D eigenvalue weighted by atomic mass is 32.5. The summed E-state index contributed by atoms with van der Waals surface area (Å²) in [6.07, 6.45) is 20.2. The molecule has 0 heterocycles. The Bertz CT molecular complexity index is 480. The van der Waals surface area contributed by atoms with Crippen molar-refractivity contribution in [2.75, 3.05) is 20.3 Å². The van der Waals surface area contributed by atoms with Crippen molar-refractivity contribution in [2.24, 2.45) is 0 Å². The van der Waals surface area contributed by atoms with Crippen LogP contribution in [0.1, 0.15) is 96.8 Å². The first-order chi connectivity index (χ1) is 14.4. The zero-order chi connectivity index (χ0) is 22.5. The lowest BCUT2D eigenvalue weighted by molar-refractivity contribution is -0.204. The number of allylic oxidation sites excluding steroid dienone is 2. The Morgan fingerprint density at radius 3 is 2.03 bits per heavy atom. The number of hydrogen-bond acceptors (Lipinski definition) is 6. The maximum absolute atomic E-state index is 11.7. The van der Waals surface area contributed by atoms with Gasteiger partial charge in [-0.3, -0.25) is 4.79 Å². The van der Waals surface area contributed by atoms with E-state index in [0.29, 0.717) is 6.42 Å². The predicted octanol–water partition coefficient (Wildman–Crippen LogP) is 5.18. The molecule has 30 heavy (non-hydrogen) atoms. The number of carbonyl (C=O) groups is 1. The van der Waals surface area contributed by atoms with Crippen molar-refractivity contribution in [3.8, 4) is 0 Å². The lowest BCUT2D eigenvalue weighted by Crippen LogP contribution is -2.26. The normalized spacial score (nSPS) is 14.7. The Morgan fingerprint density at radius 2 is 1.50 bits per heavy atom. The standard InChI is InChI=1S/C22H43O6PS/c1-3-4-5-6-7-8-9-10-11-12-13-14-15-16-17-18-22(23)27-19-21(26-2)20-28-29(24,25)30/h10-11,21H,3-9,12-20H2,1-2H3,(H2,24,25,30)/p-1/b11-10-/t21-/m1/s1. The Hall–Kier alpha value is -0.300. The Balaban J connectivity index is 3.47. The van der Waals surface area contributed by atoms with Gasteiger partial charge in [-0.1, -0.05) is 82.2 Å². The van der Waals surface area contributed by atoms with Crippen LogP contribution in [0.2, 0.25) is 0 Å². The first kappa shape index (κ1) is 29.7. The molecule has 178 valence electrons. The van der Waals surface area contributed by atoms with Gasteiger partial charge >= 0.3 is 5.97 Å². The first-order valence-electron chi connectivity index (χ1n) is 11.4. The van der Waals surface area contributed by atoms with Crippen LogP contribution in [0.3, 0.4) is 0 Å². The van der Waals surface area contributed by atoms with Crippen molar-refractivity contribution in [2.45, 2.75) is 103 Å². The zero-order valence-corrected chi connectivity index (χ0v) is 20.6. The quantitative estimate of drug-likeness (QED) is 0.108. The monoisotopic (exact) mass is 465 g/mol. The lowest BCUT2D eigenvalue weighted by atomic mass is 10.1. The summed E-state index contributed by atoms with van der Waals surface area (Å²) in [6.45, 7) is -1.92. The van der Waals surface area contributed by atoms with Crippen molar-refractivity contribution in [1.82, 2.24) is 0 Å². The van der Waals surface area contributed by atoms with Crippen LogP contribution in [0.15, 0.2) is 12.2 Å². The van der Waals surface area contributed by atoms with Gasteiger partial charge in [0.2, 0.25) is 0 Å². The molecular weight excluding hydrogens is 423 g/mol. The fourth-order valence-corrected chi connectivity index (χ4v) is 3.50. The van der Waals surface area contributed by atoms with E-state index in [9.17, 15) is 9.69 Å². The summed E-state index contributed by atoms with van der Waals surface area (Å²) in [7, 11) is 1.41. The highest BCUT2D eigenvalue weighted by Crippen LogP contribution is 2.30. The molecule has 0 rings (SSSR count). The van der Waals surface area contributed by atoms with Crippen LogP contribution in [0.4, 0.5) is 0 Å². The highest BCUT2D eigenvalue weighted by Gasteiger charge is 2.13. The van der Waals surface area contributed by atoms with Gasteiger partial charge in [-0.05, 0) is 32.1 Å². The Labute approximate surface area is 188 Å². The van der Waals surface area contributed by atoms with E-state index in [1.807, 2.05) is 0 Å². The van der Waals surface area contributed by atoms with E-state index in [2.05, 4.69) is 35.4 Å². The van der Waals surface area contributed by atoms with Crippen molar-refractivity contribution in [3.05, 3.63) is 12.2 Å². The van der Waals surface area contributed by atoms with Gasteiger partial charge in [0.1, 0.15) is 19.4 Å². The topological polar surface area (TPSA) is 88.1 Å². The second kappa shape index (κ2) is 20.6. The third-order valence-corrected chi connectivity index (χ3v) is 5.62. The van der Waals surface area contributed by atoms with Crippen molar-refractivity contribution in [3.63, 3.8) is 0 Å². The summed E-state index contributed by atoms with van der Waals surface area (Å²) >= 11 is 4.26. The second-order valence-electron chi connectivity index (χ2n) is 7.64. The SMILES string of the molecule is CCCCCCCC/C=C\CCCCCCCC(=O)OC[C@H](COP([O-])(O)=S)OC. The molecule has 0 aromatic rings. The average molecular weight is 466 g/mol. The molecule has 0 aliphatic rings. The van der Waals surface area contributed by atoms with Crippen LogP contribution in [-0.2, 0) is 30.6 Å². The minimum Gasteiger partial charge on any atom is -0.780 e. The summed E-state index contributed by atoms with van der Waals surface area (Å²) < 4.78 is 14.8. The summed E-state index contributed by atoms with van der Waals surface area (Å²) in [6, 6.07) is 0. The van der Waals surface area contributed by atoms with Crippen LogP contribution >= 0.6 is 6.72 Å². The number of ether oxygens (including phenoxy) is 2. The van der Waals surface area contributed by atoms with E-state index < -0.39 is 12.8 Å². The third kappa shape index (κ3) is 22.4. The highest BCUT2D eigenvalue weighted by molar-refractivity contribution is 8.06. The molecule has 0 saturated carbocycles. The summed E-state index contributed by atoms with van der Waals surface area (Å²) in [5.41, 5.74) is 0. The molecule has 0 radical (unpaired) electrons. The van der Waals surface area contributed by atoms with Crippen molar-refractivity contribution in [1.29, 1.82) is 0 Å². The molecule has 0 fully saturated rings. The fraction of sp³-hybridized carbons (Fsp3) is 0.864. The molecule has 6 nitrogen and oxygen atoms in total. The van der Waals surface area contributed by atoms with E-state index >= 15 is 0 Å². The zero-order valence-electron chi connectivity index (χ0n) is 18.9. The van der Waals surface area contributed by atoms with Gasteiger partial charge < -0.3 is 23.8 Å². The largest absolute Gasteiger partial charge is 0.780 e. The van der Waals surface area contributed by atoms with Crippen LogP contribution in [0.5, 0.6) is 0 Å². The molecule has 0 spiro atoms. The molecule has 0 saturated heterocycles. The molecule has 0 aromatic carbocycles. The molecule has 1 unspecified atom stereocenters. The molecule has 1 N–H and O–H groups in total. The fourth-order valence-electron chi connectivity index (χ4n) is 2.96. The van der Waals surface area contributed by atoms with Gasteiger partial charge in [-0.25, -0.2) is 0 Å². The van der Waals surface area contributed by atoms with Gasteiger partial charge in [0.15, 0.2) is 0 Å². The first-order valence-corrected chi connectivity index (χ1v) is 14.0. The van der Waals surface area contributed by atoms with E-state index in [0.717, 1.165) is 25.7 Å². The second-order valence-corrected chi connectivity index (χ2v) is 10.2. The molecule has 0 aliphatic carbocycles. The van der Waals surface area contributed by atoms with E-state index in [4.69, 9.17) is 14.4 Å². The summed E-state index contributed by atoms with van der Waals surface area (Å²) in [5, 5.41) is 0. The maximum Gasteiger partial charge on any atom is 0.305 e. The van der Waals surface area contributed by atoms with Crippen LogP contribution in [-0.4, -0.2) is 37.3 Å². The summed E-state index contributed by atoms with van der Waals surface area (Å²) in [5.74, 6) is -0.291. The van der Waals surface area contributed by atoms with E-state index in [1.165, 1.54) is 64.9 Å². The Kier molecular flexibility index (Phi) is 20.4. The van der Waals surface area contributed by atoms with Gasteiger partial charge in [0, 0.05) is 13.5 Å². The molecule has 0 aromatic heterocycles. The summed E-state index contributed by atoms with van der Waals surface area (Å²) in [4.78, 5) is 31.6. The predicted molar refractivity (Wildman–Crippen MR) is 124 cm³/mol. The van der Waals surface area contributed by atoms with Crippen LogP contribution in [0.25, 0.3) is 0 Å². The molecule has 0 bridgehead atoms. The number of esters is 1. The number of methoxy groups -OCH3 is 1. The van der Waals surface area contributed by atoms with Crippen molar-refractivity contribution < 1.29 is 28.6 Å². The smallest absolute Gasteiger partial charge is 0.305 e. The molecule has 0 aliphatic heterocycles.